The Morgan fingerprint density at radius 1 is 1.36 bits per heavy atom. The largest absolute Gasteiger partial charge is 0.328 e. The topological polar surface area (TPSA) is 72.2 Å². The van der Waals surface area contributed by atoms with E-state index in [-0.39, 0.29) is 22.6 Å². The summed E-state index contributed by atoms with van der Waals surface area (Å²) in [4.78, 5) is 12.2. The number of anilines is 1. The molecular formula is C17H26N2O2S. The van der Waals surface area contributed by atoms with Gasteiger partial charge >= 0.3 is 0 Å². The lowest BCUT2D eigenvalue weighted by Gasteiger charge is -2.18. The van der Waals surface area contributed by atoms with Gasteiger partial charge in [-0.05, 0) is 57.7 Å². The van der Waals surface area contributed by atoms with Gasteiger partial charge in [-0.15, -0.1) is 0 Å². The van der Waals surface area contributed by atoms with Crippen LogP contribution in [-0.4, -0.2) is 20.9 Å². The van der Waals surface area contributed by atoms with Crippen molar-refractivity contribution in [2.45, 2.75) is 56.6 Å². The van der Waals surface area contributed by atoms with Gasteiger partial charge in [0.15, 0.2) is 0 Å². The van der Waals surface area contributed by atoms with Crippen LogP contribution in [0.3, 0.4) is 0 Å². The number of nitrogens with two attached hydrogens (primary N) is 1. The lowest BCUT2D eigenvalue weighted by Crippen LogP contribution is -2.24. The second kappa shape index (κ2) is 6.92. The van der Waals surface area contributed by atoms with E-state index in [0.29, 0.717) is 5.75 Å². The van der Waals surface area contributed by atoms with Crippen molar-refractivity contribution >= 4 is 22.4 Å². The van der Waals surface area contributed by atoms with Crippen molar-refractivity contribution in [2.75, 3.05) is 5.32 Å². The lowest BCUT2D eigenvalue weighted by atomic mass is 10.1. The maximum absolute atomic E-state index is 12.2. The number of rotatable bonds is 4. The molecular weight excluding hydrogens is 296 g/mol. The minimum atomic E-state index is -0.945. The fourth-order valence-electron chi connectivity index (χ4n) is 2.61. The summed E-state index contributed by atoms with van der Waals surface area (Å²) in [5.41, 5.74) is 7.61. The van der Waals surface area contributed by atoms with Crippen molar-refractivity contribution in [3.8, 4) is 0 Å². The van der Waals surface area contributed by atoms with E-state index in [1.807, 2.05) is 45.0 Å². The van der Waals surface area contributed by atoms with E-state index >= 15 is 0 Å². The number of hydrogen-bond donors (Lipinski definition) is 2. The van der Waals surface area contributed by atoms with Gasteiger partial charge in [-0.1, -0.05) is 12.1 Å². The molecule has 22 heavy (non-hydrogen) atoms. The first-order chi connectivity index (χ1) is 10.3. The summed E-state index contributed by atoms with van der Waals surface area (Å²) in [5, 5.41) is 2.96. The zero-order valence-corrected chi connectivity index (χ0v) is 14.4. The van der Waals surface area contributed by atoms with Crippen molar-refractivity contribution in [2.24, 2.45) is 11.7 Å². The van der Waals surface area contributed by atoms with Crippen molar-refractivity contribution in [1.29, 1.82) is 0 Å². The highest BCUT2D eigenvalue weighted by Gasteiger charge is 2.27. The predicted octanol–water partition coefficient (Wildman–Crippen LogP) is 2.80. The molecule has 3 atom stereocenters. The second-order valence-corrected chi connectivity index (χ2v) is 9.27. The fourth-order valence-corrected chi connectivity index (χ4v) is 3.52. The van der Waals surface area contributed by atoms with Crippen LogP contribution in [0.15, 0.2) is 24.3 Å². The zero-order valence-electron chi connectivity index (χ0n) is 13.6. The summed E-state index contributed by atoms with van der Waals surface area (Å²) < 4.78 is 12.0. The molecule has 2 rings (SSSR count). The molecule has 1 aliphatic carbocycles. The zero-order chi connectivity index (χ0) is 16.3. The van der Waals surface area contributed by atoms with E-state index in [0.717, 1.165) is 30.5 Å². The molecule has 1 saturated carbocycles. The number of amides is 1. The lowest BCUT2D eigenvalue weighted by molar-refractivity contribution is -0.119. The molecule has 0 bridgehead atoms. The van der Waals surface area contributed by atoms with Crippen molar-refractivity contribution < 1.29 is 9.00 Å². The van der Waals surface area contributed by atoms with E-state index in [1.165, 1.54) is 0 Å². The summed E-state index contributed by atoms with van der Waals surface area (Å²) in [6.45, 7) is 5.91. The fraction of sp³-hybridized carbons (Fsp3) is 0.588. The average Bonchev–Trinajstić information content (AvgIpc) is 2.85. The highest BCUT2D eigenvalue weighted by atomic mass is 32.2. The van der Waals surface area contributed by atoms with Crippen molar-refractivity contribution in [3.05, 3.63) is 29.8 Å². The van der Waals surface area contributed by atoms with E-state index in [1.54, 1.807) is 0 Å². The Kier molecular flexibility index (Phi) is 5.40. The van der Waals surface area contributed by atoms with Crippen LogP contribution < -0.4 is 11.1 Å². The minimum Gasteiger partial charge on any atom is -0.328 e. The molecule has 3 unspecified atom stereocenters. The number of carbonyl (C=O) groups excluding carboxylic acids is 1. The SMILES string of the molecule is CC(C)(C)S(=O)Cc1cccc(NC(=O)C2CCC(N)C2)c1. The Balaban J connectivity index is 1.99. The molecule has 4 nitrogen and oxygen atoms in total. The number of hydrogen-bond acceptors (Lipinski definition) is 3. The molecule has 122 valence electrons. The van der Waals surface area contributed by atoms with Crippen molar-refractivity contribution in [1.82, 2.24) is 0 Å². The van der Waals surface area contributed by atoms with Crippen LogP contribution in [0.4, 0.5) is 5.69 Å². The van der Waals surface area contributed by atoms with Gasteiger partial charge in [0.1, 0.15) is 0 Å². The molecule has 5 heteroatoms. The second-order valence-electron chi connectivity index (χ2n) is 7.06. The van der Waals surface area contributed by atoms with Gasteiger partial charge in [0.2, 0.25) is 5.91 Å². The van der Waals surface area contributed by atoms with E-state index in [9.17, 15) is 9.00 Å². The Labute approximate surface area is 135 Å². The van der Waals surface area contributed by atoms with Crippen LogP contribution >= 0.6 is 0 Å². The quantitative estimate of drug-likeness (QED) is 0.895. The van der Waals surface area contributed by atoms with E-state index in [2.05, 4.69) is 5.32 Å². The molecule has 1 fully saturated rings. The first-order valence-corrected chi connectivity index (χ1v) is 9.11. The molecule has 0 saturated heterocycles. The van der Waals surface area contributed by atoms with Gasteiger partial charge in [0.05, 0.1) is 0 Å². The molecule has 1 aromatic rings. The molecule has 0 spiro atoms. The highest BCUT2D eigenvalue weighted by Crippen LogP contribution is 2.26. The Morgan fingerprint density at radius 3 is 2.68 bits per heavy atom. The van der Waals surface area contributed by atoms with Crippen LogP contribution in [-0.2, 0) is 21.3 Å². The van der Waals surface area contributed by atoms with Gasteiger partial charge in [0, 0.05) is 38.9 Å². The van der Waals surface area contributed by atoms with E-state index in [4.69, 9.17) is 5.73 Å². The van der Waals surface area contributed by atoms with Crippen LogP contribution in [0.2, 0.25) is 0 Å². The third-order valence-electron chi connectivity index (χ3n) is 4.02. The van der Waals surface area contributed by atoms with E-state index < -0.39 is 10.8 Å². The molecule has 0 radical (unpaired) electrons. The highest BCUT2D eigenvalue weighted by molar-refractivity contribution is 7.85. The third kappa shape index (κ3) is 4.65. The molecule has 0 heterocycles. The van der Waals surface area contributed by atoms with Gasteiger partial charge in [-0.3, -0.25) is 9.00 Å². The maximum atomic E-state index is 12.2. The molecule has 1 aromatic carbocycles. The number of benzene rings is 1. The van der Waals surface area contributed by atoms with Gasteiger partial charge < -0.3 is 11.1 Å². The van der Waals surface area contributed by atoms with Crippen molar-refractivity contribution in [3.63, 3.8) is 0 Å². The summed E-state index contributed by atoms with van der Waals surface area (Å²) in [6.07, 6.45) is 2.54. The van der Waals surface area contributed by atoms with Crippen LogP contribution in [0, 0.1) is 5.92 Å². The normalized spacial score (nSPS) is 23.3. The monoisotopic (exact) mass is 322 g/mol. The van der Waals surface area contributed by atoms with Crippen LogP contribution in [0.25, 0.3) is 0 Å². The minimum absolute atomic E-state index is 0.0161. The molecule has 0 aliphatic heterocycles. The summed E-state index contributed by atoms with van der Waals surface area (Å²) >= 11 is 0. The van der Waals surface area contributed by atoms with Crippen LogP contribution in [0.1, 0.15) is 45.6 Å². The molecule has 1 aliphatic rings. The summed E-state index contributed by atoms with van der Waals surface area (Å²) in [7, 11) is -0.945. The summed E-state index contributed by atoms with van der Waals surface area (Å²) in [6, 6.07) is 7.78. The Morgan fingerprint density at radius 2 is 2.09 bits per heavy atom. The number of carbonyl (C=O) groups is 1. The first kappa shape index (κ1) is 17.2. The van der Waals surface area contributed by atoms with Crippen LogP contribution in [0.5, 0.6) is 0 Å². The molecule has 0 aromatic heterocycles. The first-order valence-electron chi connectivity index (χ1n) is 7.79. The Bertz CT molecular complexity index is 566. The smallest absolute Gasteiger partial charge is 0.227 e. The van der Waals surface area contributed by atoms with Gasteiger partial charge in [0.25, 0.3) is 0 Å². The average molecular weight is 322 g/mol. The molecule has 1 amide bonds. The maximum Gasteiger partial charge on any atom is 0.227 e. The third-order valence-corrected chi connectivity index (χ3v) is 5.98. The summed E-state index contributed by atoms with van der Waals surface area (Å²) in [5.74, 6) is 0.561. The number of nitrogens with one attached hydrogen (secondary N) is 1. The Hall–Kier alpha value is -1.20. The van der Waals surface area contributed by atoms with Gasteiger partial charge in [-0.25, -0.2) is 0 Å². The predicted molar refractivity (Wildman–Crippen MR) is 92.0 cm³/mol. The van der Waals surface area contributed by atoms with Gasteiger partial charge in [-0.2, -0.15) is 0 Å². The molecule has 3 N–H and O–H groups in total. The standard InChI is InChI=1S/C17H26N2O2S/c1-17(2,3)22(21)11-12-5-4-6-15(9-12)19-16(20)13-7-8-14(18)10-13/h4-6,9,13-14H,7-8,10-11,18H2,1-3H3,(H,19,20).